The summed E-state index contributed by atoms with van der Waals surface area (Å²) in [5, 5.41) is 0.541. The third-order valence-corrected chi connectivity index (χ3v) is 10.00. The van der Waals surface area contributed by atoms with E-state index in [1.807, 2.05) is 116 Å². The summed E-state index contributed by atoms with van der Waals surface area (Å²) in [7, 11) is -1.10. The van der Waals surface area contributed by atoms with Crippen molar-refractivity contribution >= 4 is 32.9 Å². The minimum atomic E-state index is -4.20. The number of sulfonamides is 1. The topological polar surface area (TPSA) is 55.8 Å². The Morgan fingerprint density at radius 1 is 0.674 bits per heavy atom. The Labute approximate surface area is 257 Å². The maximum atomic E-state index is 15.1. The lowest BCUT2D eigenvalue weighted by molar-refractivity contribution is 0.355. The molecule has 0 unspecified atom stereocenters. The molecule has 43 heavy (non-hydrogen) atoms. The van der Waals surface area contributed by atoms with E-state index in [9.17, 15) is 0 Å². The van der Waals surface area contributed by atoms with Gasteiger partial charge in [0.05, 0.1) is 24.8 Å². The van der Waals surface area contributed by atoms with Crippen LogP contribution in [-0.4, -0.2) is 22.6 Å². The number of nitrogens with zero attached hydrogens (tertiary/aromatic N) is 1. The van der Waals surface area contributed by atoms with Gasteiger partial charge in [0.15, 0.2) is 11.5 Å². The van der Waals surface area contributed by atoms with Gasteiger partial charge in [-0.15, -0.1) is 0 Å². The van der Waals surface area contributed by atoms with Gasteiger partial charge in [0.1, 0.15) is 5.54 Å². The van der Waals surface area contributed by atoms with Crippen LogP contribution in [0.4, 0.5) is 5.69 Å². The molecule has 0 N–H and O–H groups in total. The van der Waals surface area contributed by atoms with Gasteiger partial charge in [0.2, 0.25) is 0 Å². The summed E-state index contributed by atoms with van der Waals surface area (Å²) in [5.74, 6) is 0.875. The number of fused-ring (bicyclic) bond motifs is 1. The second-order valence-corrected chi connectivity index (χ2v) is 12.5. The zero-order valence-corrected chi connectivity index (χ0v) is 25.6. The summed E-state index contributed by atoms with van der Waals surface area (Å²) in [6, 6.07) is 37.4. The normalized spacial score (nSPS) is 14.0. The molecule has 0 radical (unpaired) electrons. The van der Waals surface area contributed by atoms with E-state index in [-0.39, 0.29) is 4.90 Å². The van der Waals surface area contributed by atoms with Crippen LogP contribution in [-0.2, 0) is 15.6 Å². The highest BCUT2D eigenvalue weighted by atomic mass is 35.5. The SMILES string of the molecule is COc1cc2c(cc1OC)N(S(=O)(=O)c1ccc(C)cc1)C(c1ccccc1)(c1ccccc1)C=C2c1ccccc1Cl. The van der Waals surface area contributed by atoms with E-state index in [1.165, 1.54) is 4.31 Å². The first-order valence-electron chi connectivity index (χ1n) is 13.8. The van der Waals surface area contributed by atoms with Crippen molar-refractivity contribution < 1.29 is 17.9 Å². The molecule has 7 heteroatoms. The van der Waals surface area contributed by atoms with Crippen molar-refractivity contribution in [2.75, 3.05) is 18.5 Å². The number of aryl methyl sites for hydroxylation is 1. The van der Waals surface area contributed by atoms with E-state index in [2.05, 4.69) is 0 Å². The van der Waals surface area contributed by atoms with Crippen LogP contribution in [0.1, 0.15) is 27.8 Å². The van der Waals surface area contributed by atoms with Crippen molar-refractivity contribution in [2.45, 2.75) is 17.4 Å². The van der Waals surface area contributed by atoms with E-state index in [1.54, 1.807) is 32.4 Å². The lowest BCUT2D eigenvalue weighted by atomic mass is 9.76. The number of benzene rings is 5. The third-order valence-electron chi connectivity index (χ3n) is 7.84. The fourth-order valence-electron chi connectivity index (χ4n) is 5.78. The van der Waals surface area contributed by atoms with Crippen molar-refractivity contribution in [1.82, 2.24) is 0 Å². The Hall–Kier alpha value is -4.52. The van der Waals surface area contributed by atoms with Gasteiger partial charge in [-0.3, -0.25) is 0 Å². The average Bonchev–Trinajstić information content (AvgIpc) is 3.04. The summed E-state index contributed by atoms with van der Waals surface area (Å²) in [6.07, 6.45) is 2.01. The van der Waals surface area contributed by atoms with Crippen LogP contribution in [0, 0.1) is 6.92 Å². The molecule has 1 heterocycles. The van der Waals surface area contributed by atoms with Gasteiger partial charge in [-0.25, -0.2) is 12.7 Å². The number of hydrogen-bond acceptors (Lipinski definition) is 4. The number of anilines is 1. The lowest BCUT2D eigenvalue weighted by Crippen LogP contribution is -2.51. The van der Waals surface area contributed by atoms with Gasteiger partial charge in [0.25, 0.3) is 10.0 Å². The number of methoxy groups -OCH3 is 2. The van der Waals surface area contributed by atoms with Crippen LogP contribution in [0.2, 0.25) is 5.02 Å². The van der Waals surface area contributed by atoms with Crippen molar-refractivity contribution in [2.24, 2.45) is 0 Å². The minimum absolute atomic E-state index is 0.171. The molecule has 1 aliphatic heterocycles. The molecule has 1 aliphatic rings. The van der Waals surface area contributed by atoms with E-state index in [4.69, 9.17) is 21.1 Å². The van der Waals surface area contributed by atoms with Gasteiger partial charge in [-0.2, -0.15) is 0 Å². The molecule has 0 spiro atoms. The quantitative estimate of drug-likeness (QED) is 0.187. The molecule has 216 valence electrons. The first-order chi connectivity index (χ1) is 20.8. The predicted octanol–water partition coefficient (Wildman–Crippen LogP) is 8.25. The second kappa shape index (κ2) is 11.3. The molecule has 0 saturated carbocycles. The zero-order valence-electron chi connectivity index (χ0n) is 24.0. The number of hydrogen-bond donors (Lipinski definition) is 0. The monoisotopic (exact) mass is 607 g/mol. The molecule has 0 aromatic heterocycles. The lowest BCUT2D eigenvalue weighted by Gasteiger charge is -2.47. The van der Waals surface area contributed by atoms with Crippen molar-refractivity contribution in [3.63, 3.8) is 0 Å². The van der Waals surface area contributed by atoms with Crippen LogP contribution in [0.25, 0.3) is 5.57 Å². The van der Waals surface area contributed by atoms with Crippen molar-refractivity contribution in [1.29, 1.82) is 0 Å². The van der Waals surface area contributed by atoms with Crippen LogP contribution >= 0.6 is 11.6 Å². The van der Waals surface area contributed by atoms with E-state index < -0.39 is 15.6 Å². The number of halogens is 1. The molecule has 5 nitrogen and oxygen atoms in total. The summed E-state index contributed by atoms with van der Waals surface area (Å²) >= 11 is 6.85. The maximum Gasteiger partial charge on any atom is 0.265 e. The molecule has 0 saturated heterocycles. The second-order valence-electron chi connectivity index (χ2n) is 10.3. The average molecular weight is 608 g/mol. The van der Waals surface area contributed by atoms with E-state index >= 15 is 8.42 Å². The molecule has 6 rings (SSSR count). The summed E-state index contributed by atoms with van der Waals surface area (Å²) in [4.78, 5) is 0.171. The molecule has 5 aromatic rings. The molecular formula is C36H30ClNO4S. The summed E-state index contributed by atoms with van der Waals surface area (Å²) in [6.45, 7) is 1.93. The molecule has 0 amide bonds. The first-order valence-corrected chi connectivity index (χ1v) is 15.6. The fraction of sp³-hybridized carbons (Fsp3) is 0.111. The first kappa shape index (κ1) is 28.6. The number of rotatable bonds is 7. The zero-order chi connectivity index (χ0) is 30.2. The van der Waals surface area contributed by atoms with Crippen molar-refractivity contribution in [3.8, 4) is 11.5 Å². The molecule has 5 aromatic carbocycles. The van der Waals surface area contributed by atoms with E-state index in [0.29, 0.717) is 27.8 Å². The summed E-state index contributed by atoms with van der Waals surface area (Å²) < 4.78 is 43.1. The molecule has 0 atom stereocenters. The Morgan fingerprint density at radius 2 is 1.21 bits per heavy atom. The summed E-state index contributed by atoms with van der Waals surface area (Å²) in [5.41, 5.74) is 3.79. The van der Waals surface area contributed by atoms with Crippen LogP contribution < -0.4 is 13.8 Å². The van der Waals surface area contributed by atoms with Crippen molar-refractivity contribution in [3.05, 3.63) is 160 Å². The highest BCUT2D eigenvalue weighted by molar-refractivity contribution is 7.93. The van der Waals surface area contributed by atoms with Gasteiger partial charge >= 0.3 is 0 Å². The van der Waals surface area contributed by atoms with Crippen LogP contribution in [0.5, 0.6) is 11.5 Å². The minimum Gasteiger partial charge on any atom is -0.493 e. The number of ether oxygens (including phenoxy) is 2. The van der Waals surface area contributed by atoms with Gasteiger partial charge in [0, 0.05) is 22.2 Å². The Bertz CT molecular complexity index is 1880. The Kier molecular flexibility index (Phi) is 7.50. The highest BCUT2D eigenvalue weighted by Gasteiger charge is 2.50. The fourth-order valence-corrected chi connectivity index (χ4v) is 7.76. The largest absolute Gasteiger partial charge is 0.493 e. The highest BCUT2D eigenvalue weighted by Crippen LogP contribution is 2.54. The van der Waals surface area contributed by atoms with Gasteiger partial charge in [-0.05, 0) is 54.0 Å². The Morgan fingerprint density at radius 3 is 1.77 bits per heavy atom. The van der Waals surface area contributed by atoms with E-state index in [0.717, 1.165) is 27.8 Å². The van der Waals surface area contributed by atoms with Crippen LogP contribution in [0.15, 0.2) is 132 Å². The maximum absolute atomic E-state index is 15.1. The Balaban J connectivity index is 1.83. The van der Waals surface area contributed by atoms with Gasteiger partial charge < -0.3 is 9.47 Å². The molecular weight excluding hydrogens is 578 g/mol. The van der Waals surface area contributed by atoms with Gasteiger partial charge in [-0.1, -0.05) is 108 Å². The third kappa shape index (κ3) is 4.77. The van der Waals surface area contributed by atoms with Crippen LogP contribution in [0.3, 0.4) is 0 Å². The molecule has 0 bridgehead atoms. The molecule has 0 fully saturated rings. The smallest absolute Gasteiger partial charge is 0.265 e. The standard InChI is InChI=1S/C36H30ClNO4S/c1-25-18-20-28(21-19-25)43(39,40)38-33-23-35(42-3)34(41-2)22-30(33)31(29-16-10-11-17-32(29)37)24-36(38,26-12-6-4-7-13-26)27-14-8-5-9-15-27/h4-24H,1-3H3. The molecule has 0 aliphatic carbocycles. The predicted molar refractivity (Wildman–Crippen MR) is 173 cm³/mol.